The summed E-state index contributed by atoms with van der Waals surface area (Å²) in [6.45, 7) is 3.34. The Morgan fingerprint density at radius 3 is 2.02 bits per heavy atom. The van der Waals surface area contributed by atoms with Crippen molar-refractivity contribution in [2.75, 3.05) is 17.1 Å². The first-order valence-electron chi connectivity index (χ1n) is 14.7. The van der Waals surface area contributed by atoms with E-state index in [-0.39, 0.29) is 30.6 Å². The van der Waals surface area contributed by atoms with E-state index in [1.807, 2.05) is 74.5 Å². The molecule has 0 aliphatic rings. The van der Waals surface area contributed by atoms with Gasteiger partial charge < -0.3 is 15.0 Å². The number of amides is 2. The first kappa shape index (κ1) is 33.6. The van der Waals surface area contributed by atoms with Gasteiger partial charge in [0.2, 0.25) is 21.8 Å². The fraction of sp³-hybridized carbons (Fsp3) is 0.257. The Balaban J connectivity index is 1.69. The van der Waals surface area contributed by atoms with Gasteiger partial charge in [-0.3, -0.25) is 13.9 Å². The van der Waals surface area contributed by atoms with E-state index in [0.717, 1.165) is 16.1 Å². The maximum absolute atomic E-state index is 14.3. The molecule has 8 nitrogen and oxygen atoms in total. The Labute approximate surface area is 270 Å². The third kappa shape index (κ3) is 9.57. The molecule has 0 aromatic heterocycles. The summed E-state index contributed by atoms with van der Waals surface area (Å²) in [4.78, 5) is 29.5. The van der Waals surface area contributed by atoms with Crippen LogP contribution in [0.4, 0.5) is 5.69 Å². The second-order valence-corrected chi connectivity index (χ2v) is 13.1. The molecular formula is C35H38ClN3O5S. The third-order valence-electron chi connectivity index (χ3n) is 7.35. The quantitative estimate of drug-likeness (QED) is 0.170. The Hall–Kier alpha value is -4.34. The second kappa shape index (κ2) is 15.6. The van der Waals surface area contributed by atoms with Gasteiger partial charge in [0.1, 0.15) is 24.1 Å². The molecule has 0 fully saturated rings. The van der Waals surface area contributed by atoms with Crippen LogP contribution in [-0.4, -0.2) is 50.0 Å². The van der Waals surface area contributed by atoms with E-state index in [0.29, 0.717) is 28.5 Å². The van der Waals surface area contributed by atoms with Crippen molar-refractivity contribution in [1.82, 2.24) is 10.2 Å². The maximum atomic E-state index is 14.3. The molecule has 0 spiro atoms. The van der Waals surface area contributed by atoms with Crippen LogP contribution in [0.5, 0.6) is 11.5 Å². The van der Waals surface area contributed by atoms with Crippen LogP contribution in [0.2, 0.25) is 5.02 Å². The lowest BCUT2D eigenvalue weighted by Crippen LogP contribution is -2.54. The van der Waals surface area contributed by atoms with Crippen LogP contribution in [0.25, 0.3) is 0 Å². The molecule has 0 saturated heterocycles. The zero-order valence-electron chi connectivity index (χ0n) is 25.6. The van der Waals surface area contributed by atoms with Crippen LogP contribution >= 0.6 is 11.6 Å². The number of para-hydroxylation sites is 1. The summed E-state index contributed by atoms with van der Waals surface area (Å²) in [6.07, 6.45) is 1.97. The van der Waals surface area contributed by atoms with E-state index >= 15 is 0 Å². The van der Waals surface area contributed by atoms with Crippen LogP contribution in [0, 0.1) is 0 Å². The lowest BCUT2D eigenvalue weighted by Gasteiger charge is -2.34. The lowest BCUT2D eigenvalue weighted by atomic mass is 10.0. The minimum absolute atomic E-state index is 0.00535. The zero-order valence-corrected chi connectivity index (χ0v) is 27.2. The van der Waals surface area contributed by atoms with E-state index in [1.54, 1.807) is 48.5 Å². The van der Waals surface area contributed by atoms with Crippen molar-refractivity contribution >= 4 is 39.1 Å². The highest BCUT2D eigenvalue weighted by atomic mass is 35.5. The molecule has 4 rings (SSSR count). The van der Waals surface area contributed by atoms with Gasteiger partial charge in [0, 0.05) is 24.0 Å². The van der Waals surface area contributed by atoms with Gasteiger partial charge in [-0.2, -0.15) is 0 Å². The van der Waals surface area contributed by atoms with Gasteiger partial charge in [-0.15, -0.1) is 0 Å². The van der Waals surface area contributed by atoms with Gasteiger partial charge in [0.05, 0.1) is 11.9 Å². The number of halogens is 1. The Bertz CT molecular complexity index is 1670. The molecule has 0 unspecified atom stereocenters. The predicted molar refractivity (Wildman–Crippen MR) is 179 cm³/mol. The Morgan fingerprint density at radius 1 is 0.844 bits per heavy atom. The van der Waals surface area contributed by atoms with Crippen molar-refractivity contribution in [3.63, 3.8) is 0 Å². The number of nitrogens with one attached hydrogen (secondary N) is 1. The topological polar surface area (TPSA) is 96.0 Å². The molecule has 10 heteroatoms. The minimum atomic E-state index is -3.91. The van der Waals surface area contributed by atoms with Crippen molar-refractivity contribution in [1.29, 1.82) is 0 Å². The van der Waals surface area contributed by atoms with E-state index in [2.05, 4.69) is 5.32 Å². The molecule has 4 aromatic carbocycles. The van der Waals surface area contributed by atoms with Gasteiger partial charge in [-0.05, 0) is 66.9 Å². The number of ether oxygens (including phenoxy) is 1. The van der Waals surface area contributed by atoms with Crippen molar-refractivity contribution in [2.45, 2.75) is 45.3 Å². The summed E-state index contributed by atoms with van der Waals surface area (Å²) < 4.78 is 33.0. The highest BCUT2D eigenvalue weighted by Gasteiger charge is 2.33. The zero-order chi connectivity index (χ0) is 32.4. The molecule has 2 atom stereocenters. The van der Waals surface area contributed by atoms with Crippen LogP contribution in [0.3, 0.4) is 0 Å². The van der Waals surface area contributed by atoms with E-state index in [9.17, 15) is 18.0 Å². The molecule has 4 aromatic rings. The number of anilines is 1. The Kier molecular flexibility index (Phi) is 11.6. The van der Waals surface area contributed by atoms with Crippen LogP contribution in [-0.2, 0) is 32.6 Å². The SMILES string of the molecule is CC[C@@H](C)NC(=O)[C@@H](Cc1ccccc1)N(Cc1ccccc1Cl)C(=O)CN(c1ccc(Oc2ccccc2)cc1)S(C)(=O)=O. The van der Waals surface area contributed by atoms with Crippen molar-refractivity contribution in [2.24, 2.45) is 0 Å². The molecule has 0 aliphatic carbocycles. The highest BCUT2D eigenvalue weighted by Crippen LogP contribution is 2.27. The normalized spacial score (nSPS) is 12.5. The standard InChI is InChI=1S/C35H38ClN3O5S/c1-4-26(2)37-35(41)33(23-27-13-7-5-8-14-27)38(24-28-15-11-12-18-32(28)36)34(40)25-39(45(3,42)43)29-19-21-31(22-20-29)44-30-16-9-6-10-17-30/h5-22,26,33H,4,23-25H2,1-3H3,(H,37,41)/t26-,33-/m1/s1. The van der Waals surface area contributed by atoms with Crippen molar-refractivity contribution in [3.05, 3.63) is 125 Å². The number of hydrogen-bond acceptors (Lipinski definition) is 5. The number of carbonyl (C=O) groups is 2. The van der Waals surface area contributed by atoms with E-state index < -0.39 is 28.5 Å². The first-order valence-corrected chi connectivity index (χ1v) is 17.0. The van der Waals surface area contributed by atoms with Crippen LogP contribution < -0.4 is 14.4 Å². The average molecular weight is 648 g/mol. The summed E-state index contributed by atoms with van der Waals surface area (Å²) in [5.74, 6) is 0.262. The van der Waals surface area contributed by atoms with Crippen LogP contribution in [0.1, 0.15) is 31.4 Å². The molecule has 45 heavy (non-hydrogen) atoms. The van der Waals surface area contributed by atoms with E-state index in [4.69, 9.17) is 16.3 Å². The molecular weight excluding hydrogens is 610 g/mol. The Morgan fingerprint density at radius 2 is 1.42 bits per heavy atom. The van der Waals surface area contributed by atoms with Gasteiger partial charge in [0.15, 0.2) is 0 Å². The van der Waals surface area contributed by atoms with Crippen molar-refractivity contribution in [3.8, 4) is 11.5 Å². The highest BCUT2D eigenvalue weighted by molar-refractivity contribution is 7.92. The van der Waals surface area contributed by atoms with Gasteiger partial charge in [-0.25, -0.2) is 8.42 Å². The van der Waals surface area contributed by atoms with Gasteiger partial charge in [-0.1, -0.05) is 85.3 Å². The molecule has 0 radical (unpaired) electrons. The molecule has 0 saturated carbocycles. The smallest absolute Gasteiger partial charge is 0.244 e. The lowest BCUT2D eigenvalue weighted by molar-refractivity contribution is -0.140. The minimum Gasteiger partial charge on any atom is -0.457 e. The molecule has 1 N–H and O–H groups in total. The maximum Gasteiger partial charge on any atom is 0.244 e. The summed E-state index contributed by atoms with van der Waals surface area (Å²) in [5, 5.41) is 3.45. The molecule has 236 valence electrons. The fourth-order valence-corrected chi connectivity index (χ4v) is 5.77. The monoisotopic (exact) mass is 647 g/mol. The van der Waals surface area contributed by atoms with E-state index in [1.165, 1.54) is 4.90 Å². The molecule has 0 aliphatic heterocycles. The average Bonchev–Trinajstić information content (AvgIpc) is 3.03. The second-order valence-electron chi connectivity index (χ2n) is 10.8. The number of sulfonamides is 1. The largest absolute Gasteiger partial charge is 0.457 e. The number of benzene rings is 4. The van der Waals surface area contributed by atoms with Gasteiger partial charge in [0.25, 0.3) is 0 Å². The molecule has 0 heterocycles. The fourth-order valence-electron chi connectivity index (χ4n) is 4.72. The van der Waals surface area contributed by atoms with Crippen molar-refractivity contribution < 1.29 is 22.7 Å². The van der Waals surface area contributed by atoms with Crippen LogP contribution in [0.15, 0.2) is 109 Å². The number of rotatable bonds is 14. The molecule has 2 amide bonds. The number of carbonyl (C=O) groups excluding carboxylic acids is 2. The first-order chi connectivity index (χ1) is 21.5. The third-order valence-corrected chi connectivity index (χ3v) is 8.86. The van der Waals surface area contributed by atoms with Gasteiger partial charge >= 0.3 is 0 Å². The predicted octanol–water partition coefficient (Wildman–Crippen LogP) is 6.45. The molecule has 0 bridgehead atoms. The summed E-state index contributed by atoms with van der Waals surface area (Å²) in [5.41, 5.74) is 1.77. The summed E-state index contributed by atoms with van der Waals surface area (Å²) in [7, 11) is -3.91. The number of hydrogen-bond donors (Lipinski definition) is 1. The summed E-state index contributed by atoms with van der Waals surface area (Å²) in [6, 6.07) is 31.1. The number of nitrogens with zero attached hydrogens (tertiary/aromatic N) is 2. The summed E-state index contributed by atoms with van der Waals surface area (Å²) >= 11 is 6.51.